The van der Waals surface area contributed by atoms with E-state index in [1.807, 2.05) is 36.9 Å². The highest BCUT2D eigenvalue weighted by Crippen LogP contribution is 2.40. The Morgan fingerprint density at radius 2 is 1.90 bits per heavy atom. The standard InChI is InChI=1S/C33H33N3O6/c1-20-6-8-26(21(2)14-20)31-27-17-29(42-13-11-22-4-3-5-24(15-22)33(39)40)28(32(34)38)16-23(27)10-12-36(31)30(37)9-7-25-18-41-19-35-25/h3-6,8,14-19,31H,7,9-13H2,1-2H3,(H2,34,38)(H,39,40). The number of aromatic carboxylic acids is 1. The van der Waals surface area contributed by atoms with Gasteiger partial charge in [-0.05, 0) is 72.4 Å². The molecule has 9 nitrogen and oxygen atoms in total. The fourth-order valence-corrected chi connectivity index (χ4v) is 5.58. The fourth-order valence-electron chi connectivity index (χ4n) is 5.58. The molecule has 5 rings (SSSR count). The molecule has 9 heteroatoms. The fraction of sp³-hybridized carbons (Fsp3) is 0.273. The van der Waals surface area contributed by atoms with E-state index in [0.717, 1.165) is 39.1 Å². The Morgan fingerprint density at radius 1 is 1.07 bits per heavy atom. The van der Waals surface area contributed by atoms with Crippen molar-refractivity contribution in [2.75, 3.05) is 13.2 Å². The van der Waals surface area contributed by atoms with Crippen molar-refractivity contribution in [1.29, 1.82) is 0 Å². The first-order valence-corrected chi connectivity index (χ1v) is 13.9. The van der Waals surface area contributed by atoms with Gasteiger partial charge in [0.25, 0.3) is 5.91 Å². The number of nitrogens with two attached hydrogens (primary N) is 1. The lowest BCUT2D eigenvalue weighted by molar-refractivity contribution is -0.133. The molecule has 0 fully saturated rings. The van der Waals surface area contributed by atoms with Crippen LogP contribution in [-0.2, 0) is 24.1 Å². The smallest absolute Gasteiger partial charge is 0.335 e. The Morgan fingerprint density at radius 3 is 2.62 bits per heavy atom. The van der Waals surface area contributed by atoms with Crippen molar-refractivity contribution in [3.05, 3.63) is 117 Å². The number of carbonyl (C=O) groups is 3. The van der Waals surface area contributed by atoms with Crippen molar-refractivity contribution >= 4 is 17.8 Å². The lowest BCUT2D eigenvalue weighted by atomic mass is 9.84. The molecule has 0 saturated carbocycles. The summed E-state index contributed by atoms with van der Waals surface area (Å²) in [6.45, 7) is 4.76. The van der Waals surface area contributed by atoms with Crippen LogP contribution in [0.4, 0.5) is 0 Å². The SMILES string of the molecule is Cc1ccc(C2c3cc(OCCc4cccc(C(=O)O)c4)c(C(N)=O)cc3CCN2C(=O)CCc2cocn2)c(C)c1. The summed E-state index contributed by atoms with van der Waals surface area (Å²) in [5.74, 6) is -1.27. The van der Waals surface area contributed by atoms with Crippen LogP contribution in [0.5, 0.6) is 5.75 Å². The largest absolute Gasteiger partial charge is 0.492 e. The number of carboxylic acids is 1. The van der Waals surface area contributed by atoms with Gasteiger partial charge in [0.05, 0.1) is 29.5 Å². The number of aromatic nitrogens is 1. The van der Waals surface area contributed by atoms with Crippen LogP contribution in [0.3, 0.4) is 0 Å². The lowest BCUT2D eigenvalue weighted by Crippen LogP contribution is -2.41. The van der Waals surface area contributed by atoms with Crippen LogP contribution in [0, 0.1) is 13.8 Å². The summed E-state index contributed by atoms with van der Waals surface area (Å²) in [5, 5.41) is 9.30. The van der Waals surface area contributed by atoms with Crippen LogP contribution in [0.2, 0.25) is 0 Å². The number of oxazole rings is 1. The highest BCUT2D eigenvalue weighted by Gasteiger charge is 2.34. The minimum absolute atomic E-state index is 0.00613. The number of ether oxygens (including phenoxy) is 1. The van der Waals surface area contributed by atoms with Crippen molar-refractivity contribution in [3.63, 3.8) is 0 Å². The second-order valence-electron chi connectivity index (χ2n) is 10.6. The van der Waals surface area contributed by atoms with Gasteiger partial charge in [0.1, 0.15) is 12.0 Å². The molecular formula is C33H33N3O6. The van der Waals surface area contributed by atoms with Crippen LogP contribution in [0.1, 0.15) is 72.3 Å². The van der Waals surface area contributed by atoms with Crippen molar-refractivity contribution in [1.82, 2.24) is 9.88 Å². The quantitative estimate of drug-likeness (QED) is 0.280. The number of amides is 2. The van der Waals surface area contributed by atoms with E-state index in [4.69, 9.17) is 14.9 Å². The van der Waals surface area contributed by atoms with E-state index in [9.17, 15) is 19.5 Å². The number of nitrogens with zero attached hydrogens (tertiary/aromatic N) is 2. The number of rotatable bonds is 10. The number of hydrogen-bond acceptors (Lipinski definition) is 6. The zero-order chi connectivity index (χ0) is 29.8. The maximum Gasteiger partial charge on any atom is 0.335 e. The molecule has 1 unspecified atom stereocenters. The molecule has 0 radical (unpaired) electrons. The minimum Gasteiger partial charge on any atom is -0.492 e. The summed E-state index contributed by atoms with van der Waals surface area (Å²) in [4.78, 5) is 43.5. The van der Waals surface area contributed by atoms with Gasteiger partial charge >= 0.3 is 5.97 Å². The monoisotopic (exact) mass is 567 g/mol. The molecule has 3 aromatic carbocycles. The Labute approximate surface area is 243 Å². The van der Waals surface area contributed by atoms with E-state index in [1.165, 1.54) is 12.5 Å². The Kier molecular flexibility index (Phi) is 8.38. The number of carbonyl (C=O) groups excluding carboxylic acids is 2. The van der Waals surface area contributed by atoms with Gasteiger partial charge in [0, 0.05) is 25.8 Å². The highest BCUT2D eigenvalue weighted by atomic mass is 16.5. The predicted octanol–water partition coefficient (Wildman–Crippen LogP) is 4.82. The van der Waals surface area contributed by atoms with Crippen molar-refractivity contribution in [3.8, 4) is 5.75 Å². The molecule has 4 aromatic rings. The third-order valence-corrected chi connectivity index (χ3v) is 7.68. The molecule has 1 aliphatic rings. The average molecular weight is 568 g/mol. The van der Waals surface area contributed by atoms with E-state index in [0.29, 0.717) is 31.6 Å². The zero-order valence-corrected chi connectivity index (χ0v) is 23.6. The molecule has 2 heterocycles. The van der Waals surface area contributed by atoms with Gasteiger partial charge in [0.15, 0.2) is 6.39 Å². The topological polar surface area (TPSA) is 136 Å². The van der Waals surface area contributed by atoms with Crippen LogP contribution < -0.4 is 10.5 Å². The molecule has 0 saturated heterocycles. The van der Waals surface area contributed by atoms with Gasteiger partial charge in [-0.15, -0.1) is 0 Å². The number of carboxylic acid groups (broad SMARTS) is 1. The normalized spacial score (nSPS) is 14.3. The highest BCUT2D eigenvalue weighted by molar-refractivity contribution is 5.96. The number of benzene rings is 3. The van der Waals surface area contributed by atoms with Crippen molar-refractivity contribution in [2.24, 2.45) is 5.73 Å². The minimum atomic E-state index is -0.999. The molecule has 0 bridgehead atoms. The van der Waals surface area contributed by atoms with E-state index >= 15 is 0 Å². The molecule has 1 aliphatic heterocycles. The van der Waals surface area contributed by atoms with Gasteiger partial charge in [-0.25, -0.2) is 9.78 Å². The first-order valence-electron chi connectivity index (χ1n) is 13.9. The third-order valence-electron chi connectivity index (χ3n) is 7.68. The molecule has 1 atom stereocenters. The second kappa shape index (κ2) is 12.3. The average Bonchev–Trinajstić information content (AvgIpc) is 3.49. The maximum atomic E-state index is 13.6. The summed E-state index contributed by atoms with van der Waals surface area (Å²) in [6, 6.07) is 16.1. The van der Waals surface area contributed by atoms with Gasteiger partial charge in [-0.2, -0.15) is 0 Å². The Hall–Kier alpha value is -4.92. The van der Waals surface area contributed by atoms with Crippen molar-refractivity contribution < 1.29 is 28.6 Å². The number of primary amides is 1. The first-order chi connectivity index (χ1) is 20.2. The molecule has 1 aromatic heterocycles. The predicted molar refractivity (Wildman–Crippen MR) is 156 cm³/mol. The molecule has 42 heavy (non-hydrogen) atoms. The molecular weight excluding hydrogens is 534 g/mol. The van der Waals surface area contributed by atoms with Gasteiger partial charge < -0.3 is 24.9 Å². The summed E-state index contributed by atoms with van der Waals surface area (Å²) in [7, 11) is 0. The first kappa shape index (κ1) is 28.6. The number of fused-ring (bicyclic) bond motifs is 1. The summed E-state index contributed by atoms with van der Waals surface area (Å²) in [5.41, 5.74) is 12.8. The summed E-state index contributed by atoms with van der Waals surface area (Å²) < 4.78 is 11.2. The van der Waals surface area contributed by atoms with Crippen LogP contribution >= 0.6 is 0 Å². The molecule has 216 valence electrons. The van der Waals surface area contributed by atoms with E-state index in [-0.39, 0.29) is 36.1 Å². The molecule has 0 aliphatic carbocycles. The lowest BCUT2D eigenvalue weighted by Gasteiger charge is -2.39. The van der Waals surface area contributed by atoms with E-state index in [2.05, 4.69) is 17.1 Å². The Bertz CT molecular complexity index is 1630. The number of hydrogen-bond donors (Lipinski definition) is 2. The second-order valence-corrected chi connectivity index (χ2v) is 10.6. The van der Waals surface area contributed by atoms with Crippen molar-refractivity contribution in [2.45, 2.75) is 45.6 Å². The summed E-state index contributed by atoms with van der Waals surface area (Å²) in [6.07, 6.45) is 4.65. The molecule has 3 N–H and O–H groups in total. The van der Waals surface area contributed by atoms with Crippen LogP contribution in [0.15, 0.2) is 71.7 Å². The maximum absolute atomic E-state index is 13.6. The van der Waals surface area contributed by atoms with E-state index in [1.54, 1.807) is 24.5 Å². The molecule has 2 amide bonds. The number of aryl methyl sites for hydroxylation is 3. The van der Waals surface area contributed by atoms with Gasteiger partial charge in [-0.3, -0.25) is 9.59 Å². The third kappa shape index (κ3) is 6.20. The molecule has 0 spiro atoms. The van der Waals surface area contributed by atoms with Crippen LogP contribution in [0.25, 0.3) is 0 Å². The van der Waals surface area contributed by atoms with E-state index < -0.39 is 11.9 Å². The van der Waals surface area contributed by atoms with Gasteiger partial charge in [0.2, 0.25) is 5.91 Å². The zero-order valence-electron chi connectivity index (χ0n) is 23.6. The Balaban J connectivity index is 1.48. The van der Waals surface area contributed by atoms with Crippen LogP contribution in [-0.4, -0.2) is 45.9 Å². The summed E-state index contributed by atoms with van der Waals surface area (Å²) >= 11 is 0. The van der Waals surface area contributed by atoms with Gasteiger partial charge in [-0.1, -0.05) is 35.9 Å².